The van der Waals surface area contributed by atoms with Gasteiger partial charge in [0.25, 0.3) is 0 Å². The molecule has 0 heterocycles. The Hall–Kier alpha value is 3.11. The van der Waals surface area contributed by atoms with Gasteiger partial charge in [-0.3, -0.25) is 0 Å². The van der Waals surface area contributed by atoms with Gasteiger partial charge in [-0.25, -0.2) is 0 Å². The van der Waals surface area contributed by atoms with Crippen LogP contribution in [0.15, 0.2) is 0 Å². The third-order valence-corrected chi connectivity index (χ3v) is 0. The normalized spacial score (nSPS) is 0. The molecule has 1 radical (unpaired) electrons. The fourth-order valence-corrected chi connectivity index (χ4v) is 0. The van der Waals surface area contributed by atoms with Crippen LogP contribution in [0.3, 0.4) is 0 Å². The van der Waals surface area contributed by atoms with Crippen molar-refractivity contribution in [1.29, 1.82) is 0 Å². The number of hydrogen-bond acceptors (Lipinski definition) is 0. The molecule has 21 valence electrons. The van der Waals surface area contributed by atoms with Gasteiger partial charge in [-0.05, 0) is 11.0 Å². The van der Waals surface area contributed by atoms with Crippen LogP contribution in [0.25, 0.3) is 0 Å². The summed E-state index contributed by atoms with van der Waals surface area (Å²) in [6.07, 6.45) is 0. The molecule has 0 aliphatic rings. The molecule has 0 aliphatic heterocycles. The largest absolute Gasteiger partial charge is 2.00 e. The van der Waals surface area contributed by atoms with Gasteiger partial charge < -0.3 is 2.85 Å². The molecule has 0 nitrogen and oxygen atoms in total. The van der Waals surface area contributed by atoms with Crippen molar-refractivity contribution in [3.8, 4) is 0 Å². The third kappa shape index (κ3) is 8.93. The van der Waals surface area contributed by atoms with E-state index < -0.39 is 0 Å². The Morgan fingerprint density at radius 2 is 1.25 bits per heavy atom. The van der Waals surface area contributed by atoms with E-state index in [1.165, 1.54) is 0 Å². The summed E-state index contributed by atoms with van der Waals surface area (Å²) in [6.45, 7) is 0. The van der Waals surface area contributed by atoms with Crippen molar-refractivity contribution in [1.82, 2.24) is 0 Å². The maximum absolute atomic E-state index is 0. The molecule has 0 fully saturated rings. The fourth-order valence-electron chi connectivity index (χ4n) is 0. The van der Waals surface area contributed by atoms with Crippen molar-refractivity contribution in [2.24, 2.45) is 0 Å². The summed E-state index contributed by atoms with van der Waals surface area (Å²) in [5.74, 6) is 0. The Labute approximate surface area is 101 Å². The Morgan fingerprint density at radius 1 is 1.25 bits per heavy atom. The third-order valence-electron chi connectivity index (χ3n) is 0. The predicted molar refractivity (Wildman–Crippen MR) is 27.9 cm³/mol. The summed E-state index contributed by atoms with van der Waals surface area (Å²) in [4.78, 5) is 0. The molecule has 0 rings (SSSR count). The molecule has 0 spiro atoms. The molecule has 0 bridgehead atoms. The Balaban J connectivity index is 0. The zero-order chi connectivity index (χ0) is 0. The van der Waals surface area contributed by atoms with Gasteiger partial charge in [0.2, 0.25) is 0 Å². The second kappa shape index (κ2) is 16.5. The van der Waals surface area contributed by atoms with Gasteiger partial charge in [0.1, 0.15) is 0 Å². The second-order valence-corrected chi connectivity index (χ2v) is 0. The molecule has 0 saturated carbocycles. The maximum atomic E-state index is 0. The van der Waals surface area contributed by atoms with Crippen molar-refractivity contribution in [2.75, 3.05) is 0 Å². The molecule has 0 aliphatic carbocycles. The molecule has 0 aromatic heterocycles. The fraction of sp³-hybridized carbons (Fsp3) is 0. The SMILES string of the molecule is [AlH3].[H-].[H-].[SiH3].[Sr+2].[Zr]. The zero-order valence-corrected chi connectivity index (χ0v) is 10.1. The summed E-state index contributed by atoms with van der Waals surface area (Å²) < 4.78 is 0. The molecular weight excluding hydrogens is 234 g/mol. The minimum atomic E-state index is 0. The number of rotatable bonds is 0. The van der Waals surface area contributed by atoms with Gasteiger partial charge in [0.15, 0.2) is 17.4 Å². The minimum Gasteiger partial charge on any atom is -1.00 e. The van der Waals surface area contributed by atoms with E-state index in [1.807, 2.05) is 0 Å². The average Bonchev–Trinajstić information content (AvgIpc) is 0. The Morgan fingerprint density at radius 3 is 1.25 bits per heavy atom. The van der Waals surface area contributed by atoms with Crippen molar-refractivity contribution < 1.29 is 29.1 Å². The van der Waals surface area contributed by atoms with Crippen LogP contribution < -0.4 is 0 Å². The first-order valence-corrected chi connectivity index (χ1v) is 0. The average molecular weight is 242 g/mol. The Bertz CT molecular complexity index is 13.5. The van der Waals surface area contributed by atoms with Gasteiger partial charge in [0, 0.05) is 26.2 Å². The van der Waals surface area contributed by atoms with E-state index in [2.05, 4.69) is 0 Å². The van der Waals surface area contributed by atoms with Crippen LogP contribution in [-0.2, 0) is 26.2 Å². The Kier molecular flexibility index (Phi) is 113. The van der Waals surface area contributed by atoms with Crippen LogP contribution in [0.5, 0.6) is 0 Å². The first-order chi connectivity index (χ1) is 0. The summed E-state index contributed by atoms with van der Waals surface area (Å²) in [5, 5.41) is 0. The van der Waals surface area contributed by atoms with Crippen LogP contribution in [0.1, 0.15) is 2.85 Å². The van der Waals surface area contributed by atoms with Crippen LogP contribution in [0.4, 0.5) is 0 Å². The van der Waals surface area contributed by atoms with E-state index in [1.54, 1.807) is 0 Å². The predicted octanol–water partition coefficient (Wildman–Crippen LogP) is -2.53. The van der Waals surface area contributed by atoms with Gasteiger partial charge >= 0.3 is 45.5 Å². The zero-order valence-electron chi connectivity index (χ0n) is 4.21. The summed E-state index contributed by atoms with van der Waals surface area (Å²) in [7, 11) is 0. The first kappa shape index (κ1) is 27.4. The molecule has 4 heteroatoms. The van der Waals surface area contributed by atoms with Gasteiger partial charge in [0.05, 0.1) is 0 Å². The van der Waals surface area contributed by atoms with Crippen molar-refractivity contribution in [3.63, 3.8) is 0 Å². The summed E-state index contributed by atoms with van der Waals surface area (Å²) in [5.41, 5.74) is 0. The van der Waals surface area contributed by atoms with Crippen molar-refractivity contribution in [3.05, 3.63) is 0 Å². The van der Waals surface area contributed by atoms with E-state index in [0.717, 1.165) is 0 Å². The molecule has 0 amide bonds. The quantitative estimate of drug-likeness (QED) is 0.411. The van der Waals surface area contributed by atoms with E-state index in [9.17, 15) is 0 Å². The van der Waals surface area contributed by atoms with Crippen LogP contribution in [0.2, 0.25) is 0 Å². The van der Waals surface area contributed by atoms with Crippen LogP contribution >= 0.6 is 0 Å². The molecule has 4 heavy (non-hydrogen) atoms. The van der Waals surface area contributed by atoms with Gasteiger partial charge in [-0.1, -0.05) is 0 Å². The summed E-state index contributed by atoms with van der Waals surface area (Å²) in [6, 6.07) is 0. The van der Waals surface area contributed by atoms with Gasteiger partial charge in [-0.15, -0.1) is 0 Å². The van der Waals surface area contributed by atoms with Crippen LogP contribution in [0, 0.1) is 0 Å². The van der Waals surface area contributed by atoms with E-state index >= 15 is 0 Å². The van der Waals surface area contributed by atoms with E-state index in [4.69, 9.17) is 0 Å². The van der Waals surface area contributed by atoms with Crippen LogP contribution in [-0.4, -0.2) is 73.8 Å². The topological polar surface area (TPSA) is 0 Å². The molecule has 0 aromatic carbocycles. The molecule has 0 saturated heterocycles. The summed E-state index contributed by atoms with van der Waals surface area (Å²) >= 11 is 0. The maximum Gasteiger partial charge on any atom is 2.00 e. The number of hydrogen-bond donors (Lipinski definition) is 0. The van der Waals surface area contributed by atoms with Crippen molar-refractivity contribution >= 4 is 73.8 Å². The van der Waals surface area contributed by atoms with E-state index in [-0.39, 0.29) is 103 Å². The van der Waals surface area contributed by atoms with E-state index in [0.29, 0.717) is 0 Å². The molecule has 0 N–H and O–H groups in total. The monoisotopic (exact) mass is 241 g/mol. The smallest absolute Gasteiger partial charge is 1.00 e. The standard InChI is InChI=1S/Al.H3Si.Sr.Zr.5H/h;1H3;;;;;;;/q;;+2;;;;;2*-1. The first-order valence-electron chi connectivity index (χ1n) is 0. The molecule has 0 unspecified atom stereocenters. The molecule has 0 atom stereocenters. The van der Waals surface area contributed by atoms with Crippen molar-refractivity contribution in [2.45, 2.75) is 0 Å². The molecule has 0 aromatic rings. The minimum absolute atomic E-state index is 0. The van der Waals surface area contributed by atoms with Gasteiger partial charge in [-0.2, -0.15) is 0 Å². The second-order valence-electron chi connectivity index (χ2n) is 0. The molecular formula is H8AlSiSrZr.